The summed E-state index contributed by atoms with van der Waals surface area (Å²) in [7, 11) is 0. The molecule has 0 amide bonds. The second kappa shape index (κ2) is 4.94. The van der Waals surface area contributed by atoms with E-state index >= 15 is 0 Å². The van der Waals surface area contributed by atoms with Crippen LogP contribution in [0.5, 0.6) is 0 Å². The molecule has 0 aliphatic heterocycles. The third-order valence-electron chi connectivity index (χ3n) is 3.20. The Morgan fingerprint density at radius 3 is 2.78 bits per heavy atom. The van der Waals surface area contributed by atoms with Crippen LogP contribution < -0.4 is 0 Å². The van der Waals surface area contributed by atoms with Crippen LogP contribution in [0.4, 0.5) is 0 Å². The lowest BCUT2D eigenvalue weighted by molar-refractivity contribution is 0.975. The lowest BCUT2D eigenvalue weighted by atomic mass is 10.0. The molecule has 2 aromatic rings. The van der Waals surface area contributed by atoms with Gasteiger partial charge in [0, 0.05) is 16.9 Å². The van der Waals surface area contributed by atoms with Crippen LogP contribution >= 0.6 is 11.8 Å². The summed E-state index contributed by atoms with van der Waals surface area (Å²) in [6.07, 6.45) is 9.85. The molecule has 1 heterocycles. The Hall–Kier alpha value is -1.61. The van der Waals surface area contributed by atoms with Crippen LogP contribution in [-0.4, -0.2) is 16.2 Å². The maximum atomic E-state index is 4.43. The number of rotatable bonds is 3. The third kappa shape index (κ3) is 2.18. The Morgan fingerprint density at radius 2 is 2.00 bits per heavy atom. The highest BCUT2D eigenvalue weighted by molar-refractivity contribution is 7.98. The van der Waals surface area contributed by atoms with Crippen molar-refractivity contribution in [2.24, 2.45) is 0 Å². The molecule has 3 heteroatoms. The molecule has 0 bridgehead atoms. The number of hydrogen-bond donors (Lipinski definition) is 0. The molecule has 1 aromatic carbocycles. The molecule has 1 aliphatic carbocycles. The van der Waals surface area contributed by atoms with Crippen molar-refractivity contribution >= 4 is 17.8 Å². The average Bonchev–Trinajstić information content (AvgIpc) is 2.89. The minimum absolute atomic E-state index is 0.890. The van der Waals surface area contributed by atoms with E-state index in [0.717, 1.165) is 24.2 Å². The van der Waals surface area contributed by atoms with Crippen LogP contribution in [0.1, 0.15) is 22.5 Å². The summed E-state index contributed by atoms with van der Waals surface area (Å²) in [6, 6.07) is 8.70. The summed E-state index contributed by atoms with van der Waals surface area (Å²) in [6.45, 7) is 0. The van der Waals surface area contributed by atoms with Gasteiger partial charge in [0.2, 0.25) is 0 Å². The van der Waals surface area contributed by atoms with Crippen LogP contribution in [0.15, 0.2) is 41.6 Å². The van der Waals surface area contributed by atoms with Crippen molar-refractivity contribution in [3.8, 4) is 0 Å². The van der Waals surface area contributed by atoms with E-state index in [1.807, 2.05) is 0 Å². The summed E-state index contributed by atoms with van der Waals surface area (Å²) in [5, 5.41) is 0. The van der Waals surface area contributed by atoms with E-state index in [2.05, 4.69) is 52.6 Å². The fourth-order valence-corrected chi connectivity index (χ4v) is 2.62. The monoisotopic (exact) mass is 254 g/mol. The minimum atomic E-state index is 0.890. The number of allylic oxidation sites excluding steroid dienone is 1. The van der Waals surface area contributed by atoms with E-state index in [9.17, 15) is 0 Å². The molecule has 2 nitrogen and oxygen atoms in total. The highest BCUT2D eigenvalue weighted by Crippen LogP contribution is 2.22. The average molecular weight is 254 g/mol. The molecule has 0 saturated carbocycles. The summed E-state index contributed by atoms with van der Waals surface area (Å²) in [5.74, 6) is 0. The Balaban J connectivity index is 1.86. The summed E-state index contributed by atoms with van der Waals surface area (Å²) >= 11 is 1.77. The quantitative estimate of drug-likeness (QED) is 0.785. The van der Waals surface area contributed by atoms with Gasteiger partial charge < -0.3 is 0 Å². The Bertz CT molecular complexity index is 588. The lowest BCUT2D eigenvalue weighted by Crippen LogP contribution is -2.00. The molecule has 0 N–H and O–H groups in total. The molecule has 0 unspecified atom stereocenters. The molecule has 1 aliphatic rings. The van der Waals surface area contributed by atoms with E-state index in [0.29, 0.717) is 0 Å². The number of hydrogen-bond acceptors (Lipinski definition) is 3. The van der Waals surface area contributed by atoms with Crippen molar-refractivity contribution in [1.29, 1.82) is 0 Å². The topological polar surface area (TPSA) is 25.8 Å². The van der Waals surface area contributed by atoms with Crippen molar-refractivity contribution in [3.63, 3.8) is 0 Å². The van der Waals surface area contributed by atoms with Gasteiger partial charge in [-0.1, -0.05) is 18.2 Å². The molecule has 3 rings (SSSR count). The molecular formula is C15H14N2S. The smallest absolute Gasteiger partial charge is 0.116 e. The summed E-state index contributed by atoms with van der Waals surface area (Å²) in [5.41, 5.74) is 4.83. The predicted octanol–water partition coefficient (Wildman–Crippen LogP) is 3.36. The van der Waals surface area contributed by atoms with Crippen LogP contribution in [0.2, 0.25) is 0 Å². The van der Waals surface area contributed by atoms with Crippen molar-refractivity contribution in [1.82, 2.24) is 9.97 Å². The van der Waals surface area contributed by atoms with Crippen LogP contribution in [0, 0.1) is 0 Å². The van der Waals surface area contributed by atoms with Crippen molar-refractivity contribution < 1.29 is 0 Å². The van der Waals surface area contributed by atoms with Gasteiger partial charge in [0.1, 0.15) is 6.33 Å². The SMILES string of the molecule is CSc1ccc(Cc2ncnc3c2CC=C3)cc1. The lowest BCUT2D eigenvalue weighted by Gasteiger charge is -2.07. The van der Waals surface area contributed by atoms with Gasteiger partial charge in [-0.05, 0) is 36.4 Å². The maximum absolute atomic E-state index is 4.43. The van der Waals surface area contributed by atoms with Crippen LogP contribution in [0.25, 0.3) is 6.08 Å². The maximum Gasteiger partial charge on any atom is 0.116 e. The Morgan fingerprint density at radius 1 is 1.17 bits per heavy atom. The molecular weight excluding hydrogens is 240 g/mol. The molecule has 0 saturated heterocycles. The Kier molecular flexibility index (Phi) is 3.15. The van der Waals surface area contributed by atoms with Crippen molar-refractivity contribution in [3.05, 3.63) is 59.2 Å². The van der Waals surface area contributed by atoms with E-state index in [1.54, 1.807) is 18.1 Å². The molecule has 0 spiro atoms. The van der Waals surface area contributed by atoms with Crippen molar-refractivity contribution in [2.45, 2.75) is 17.7 Å². The first-order chi connectivity index (χ1) is 8.86. The van der Waals surface area contributed by atoms with Gasteiger partial charge in [0.05, 0.1) is 11.4 Å². The largest absolute Gasteiger partial charge is 0.241 e. The van der Waals surface area contributed by atoms with Gasteiger partial charge in [-0.2, -0.15) is 0 Å². The number of benzene rings is 1. The van der Waals surface area contributed by atoms with Gasteiger partial charge in [-0.25, -0.2) is 9.97 Å². The molecule has 0 fully saturated rings. The third-order valence-corrected chi connectivity index (χ3v) is 3.94. The first kappa shape index (κ1) is 11.5. The number of aromatic nitrogens is 2. The first-order valence-electron chi connectivity index (χ1n) is 5.99. The standard InChI is InChI=1S/C15H14N2S/c1-18-12-7-5-11(6-8-12)9-15-13-3-2-4-14(13)16-10-17-15/h2,4-8,10H,3,9H2,1H3. The molecule has 0 radical (unpaired) electrons. The van der Waals surface area contributed by atoms with Crippen LogP contribution in [0.3, 0.4) is 0 Å². The van der Waals surface area contributed by atoms with Crippen molar-refractivity contribution in [2.75, 3.05) is 6.26 Å². The van der Waals surface area contributed by atoms with E-state index < -0.39 is 0 Å². The number of nitrogens with zero attached hydrogens (tertiary/aromatic N) is 2. The highest BCUT2D eigenvalue weighted by Gasteiger charge is 2.12. The molecule has 90 valence electrons. The highest BCUT2D eigenvalue weighted by atomic mass is 32.2. The molecule has 18 heavy (non-hydrogen) atoms. The van der Waals surface area contributed by atoms with E-state index in [1.165, 1.54) is 16.0 Å². The second-order valence-electron chi connectivity index (χ2n) is 4.32. The predicted molar refractivity (Wildman–Crippen MR) is 75.8 cm³/mol. The fourth-order valence-electron chi connectivity index (χ4n) is 2.21. The molecule has 1 aromatic heterocycles. The van der Waals surface area contributed by atoms with Gasteiger partial charge in [-0.3, -0.25) is 0 Å². The van der Waals surface area contributed by atoms with E-state index in [-0.39, 0.29) is 0 Å². The van der Waals surface area contributed by atoms with Crippen LogP contribution in [-0.2, 0) is 12.8 Å². The zero-order valence-corrected chi connectivity index (χ0v) is 11.1. The van der Waals surface area contributed by atoms with Gasteiger partial charge in [0.15, 0.2) is 0 Å². The summed E-state index contributed by atoms with van der Waals surface area (Å²) < 4.78 is 0. The Labute approximate surface area is 111 Å². The second-order valence-corrected chi connectivity index (χ2v) is 5.20. The number of fused-ring (bicyclic) bond motifs is 1. The zero-order valence-electron chi connectivity index (χ0n) is 10.3. The van der Waals surface area contributed by atoms with Gasteiger partial charge in [-0.15, -0.1) is 11.8 Å². The fraction of sp³-hybridized carbons (Fsp3) is 0.200. The van der Waals surface area contributed by atoms with Gasteiger partial charge >= 0.3 is 0 Å². The van der Waals surface area contributed by atoms with Gasteiger partial charge in [0.25, 0.3) is 0 Å². The molecule has 0 atom stereocenters. The normalized spacial score (nSPS) is 12.7. The minimum Gasteiger partial charge on any atom is -0.241 e. The summed E-state index contributed by atoms with van der Waals surface area (Å²) in [4.78, 5) is 10.0. The zero-order chi connectivity index (χ0) is 12.4. The van der Waals surface area contributed by atoms with E-state index in [4.69, 9.17) is 0 Å². The first-order valence-corrected chi connectivity index (χ1v) is 7.21. The number of thioether (sulfide) groups is 1.